The first-order valence-corrected chi connectivity index (χ1v) is 37.3. The number of ether oxygens (including phenoxy) is 5. The summed E-state index contributed by atoms with van der Waals surface area (Å²) in [4.78, 5) is 122. The number of nitrogens with one attached hydrogen (secondary N) is 2. The number of benzene rings is 2. The summed E-state index contributed by atoms with van der Waals surface area (Å²) in [6.45, 7) is 20.0. The van der Waals surface area contributed by atoms with E-state index in [-0.39, 0.29) is 125 Å². The van der Waals surface area contributed by atoms with Gasteiger partial charge in [-0.25, -0.2) is 36.0 Å². The molecule has 6 heterocycles. The third kappa shape index (κ3) is 20.6. The number of aromatic nitrogens is 2. The van der Waals surface area contributed by atoms with E-state index < -0.39 is 101 Å². The molecule has 534 valence electrons. The van der Waals surface area contributed by atoms with E-state index in [0.29, 0.717) is 41.9 Å². The van der Waals surface area contributed by atoms with Crippen molar-refractivity contribution >= 4 is 97.0 Å². The Morgan fingerprint density at radius 3 is 1.57 bits per heavy atom. The van der Waals surface area contributed by atoms with E-state index in [1.807, 2.05) is 13.8 Å². The Bertz CT molecular complexity index is 3450. The lowest BCUT2D eigenvalue weighted by Gasteiger charge is -2.34. The first kappa shape index (κ1) is 76.3. The van der Waals surface area contributed by atoms with Crippen LogP contribution in [0.1, 0.15) is 98.8 Å². The zero-order valence-corrected chi connectivity index (χ0v) is 60.4. The highest BCUT2D eigenvalue weighted by Gasteiger charge is 2.53. The third-order valence-electron chi connectivity index (χ3n) is 16.6. The second-order valence-electron chi connectivity index (χ2n) is 27.3. The van der Waals surface area contributed by atoms with E-state index >= 15 is 0 Å². The lowest BCUT2D eigenvalue weighted by molar-refractivity contribution is -0.161. The third-order valence-corrected chi connectivity index (χ3v) is 23.2. The van der Waals surface area contributed by atoms with E-state index in [1.165, 1.54) is 86.7 Å². The fourth-order valence-electron chi connectivity index (χ4n) is 11.5. The van der Waals surface area contributed by atoms with Gasteiger partial charge in [-0.3, -0.25) is 29.1 Å². The molecule has 4 aromatic rings. The molecule has 0 bridgehead atoms. The molecule has 2 aromatic heterocycles. The highest BCUT2D eigenvalue weighted by atomic mass is 32.2. The van der Waals surface area contributed by atoms with Crippen molar-refractivity contribution in [2.75, 3.05) is 95.9 Å². The van der Waals surface area contributed by atoms with Gasteiger partial charge in [0.2, 0.25) is 31.9 Å². The van der Waals surface area contributed by atoms with Gasteiger partial charge in [0, 0.05) is 118 Å². The molecule has 27 nitrogen and oxygen atoms in total. The predicted molar refractivity (Wildman–Crippen MR) is 366 cm³/mol. The van der Waals surface area contributed by atoms with Gasteiger partial charge in [-0.15, -0.1) is 23.5 Å². The Balaban J connectivity index is 0.694. The number of carbonyl (C=O) groups is 8. The highest BCUT2D eigenvalue weighted by molar-refractivity contribution is 8.02. The Morgan fingerprint density at radius 1 is 0.571 bits per heavy atom. The standard InChI is InChI=1S/C67H90N10O17S4/c1-64(2,3)93-59(81)49(41-54(78)56-66(7,8)95-44-76(56)97(86,87)51-14-11-24-68-42-51)38-46-20-22-50(23-21-46)70-61(83)73-28-32-75(33-29-73)63(85)92-37-36-90-34-13-35-91-62(84)74-30-26-72(27-31-74)55(79)40-48-18-16-47(17-19-48)39-53(60(82)94-65(4,5)6)71-58(80)57-67(9,10)96-45-77(57)98(88,89)52-15-12-25-69-43-52/h11-12,14-25,42-43,49,53,56-57H,13,26-41,44-45H2,1-10H3,(H,70,83)(H,71,80)/t49-,53+,56-,57-/m1/s1. The lowest BCUT2D eigenvalue weighted by Crippen LogP contribution is -2.57. The van der Waals surface area contributed by atoms with Gasteiger partial charge in [-0.1, -0.05) is 36.4 Å². The fraction of sp³-hybridized carbons (Fsp3) is 0.552. The van der Waals surface area contributed by atoms with Crippen molar-refractivity contribution < 1.29 is 78.9 Å². The minimum absolute atomic E-state index is 0.0184. The van der Waals surface area contributed by atoms with Gasteiger partial charge in [-0.05, 0) is 129 Å². The Labute approximate surface area is 582 Å². The molecule has 4 fully saturated rings. The normalized spacial score (nSPS) is 19.0. The van der Waals surface area contributed by atoms with Crippen LogP contribution in [0.15, 0.2) is 107 Å². The number of nitrogens with zero attached hydrogens (tertiary/aromatic N) is 8. The number of urea groups is 1. The molecule has 0 spiro atoms. The summed E-state index contributed by atoms with van der Waals surface area (Å²) >= 11 is 2.65. The predicted octanol–water partition coefficient (Wildman–Crippen LogP) is 6.61. The molecule has 0 aliphatic carbocycles. The quantitative estimate of drug-likeness (QED) is 0.0400. The molecule has 0 unspecified atom stereocenters. The van der Waals surface area contributed by atoms with Gasteiger partial charge in [0.25, 0.3) is 0 Å². The molecule has 98 heavy (non-hydrogen) atoms. The van der Waals surface area contributed by atoms with Crippen molar-refractivity contribution in [1.29, 1.82) is 0 Å². The minimum Gasteiger partial charge on any atom is -0.460 e. The van der Waals surface area contributed by atoms with Crippen molar-refractivity contribution in [1.82, 2.24) is 43.5 Å². The van der Waals surface area contributed by atoms with Gasteiger partial charge >= 0.3 is 30.2 Å². The molecular weight excluding hydrogens is 1350 g/mol. The largest absolute Gasteiger partial charge is 0.460 e. The number of ketones is 1. The van der Waals surface area contributed by atoms with Crippen molar-refractivity contribution in [2.45, 2.75) is 150 Å². The van der Waals surface area contributed by atoms with E-state index in [0.717, 1.165) is 4.31 Å². The van der Waals surface area contributed by atoms with Crippen LogP contribution in [0, 0.1) is 5.92 Å². The van der Waals surface area contributed by atoms with Gasteiger partial charge in [-0.2, -0.15) is 8.61 Å². The number of esters is 2. The van der Waals surface area contributed by atoms with E-state index in [2.05, 4.69) is 20.6 Å². The van der Waals surface area contributed by atoms with Crippen molar-refractivity contribution in [3.8, 4) is 0 Å². The maximum Gasteiger partial charge on any atom is 0.409 e. The summed E-state index contributed by atoms with van der Waals surface area (Å²) in [5, 5.41) is 5.68. The number of anilines is 1. The molecule has 0 saturated carbocycles. The van der Waals surface area contributed by atoms with Gasteiger partial charge in [0.1, 0.15) is 39.7 Å². The number of sulfonamides is 2. The molecule has 2 N–H and O–H groups in total. The molecule has 4 saturated heterocycles. The number of carbonyl (C=O) groups excluding carboxylic acids is 8. The molecule has 31 heteroatoms. The molecule has 8 rings (SSSR count). The van der Waals surface area contributed by atoms with Crippen molar-refractivity contribution in [2.24, 2.45) is 5.92 Å². The van der Waals surface area contributed by atoms with Crippen LogP contribution in [0.3, 0.4) is 0 Å². The number of amides is 6. The van der Waals surface area contributed by atoms with Crippen LogP contribution in [0.4, 0.5) is 20.1 Å². The molecule has 4 aliphatic heterocycles. The molecule has 4 aliphatic rings. The average Bonchev–Trinajstić information content (AvgIpc) is 1.60. The fourth-order valence-corrected chi connectivity index (χ4v) is 17.8. The number of hydrogen-bond acceptors (Lipinski definition) is 21. The average molecular weight is 1440 g/mol. The zero-order chi connectivity index (χ0) is 71.4. The first-order chi connectivity index (χ1) is 46.1. The molecule has 2 aromatic carbocycles. The summed E-state index contributed by atoms with van der Waals surface area (Å²) in [7, 11) is -8.21. The van der Waals surface area contributed by atoms with Crippen LogP contribution in [-0.2, 0) is 87.0 Å². The number of thioether (sulfide) groups is 2. The van der Waals surface area contributed by atoms with Crippen LogP contribution in [0.25, 0.3) is 0 Å². The SMILES string of the molecule is CC(C)(C)OC(=O)[C@@H](CC(=O)[C@H]1N(S(=O)(=O)c2cccnc2)CSC1(C)C)Cc1ccc(NC(=O)N2CCN(C(=O)OCCOCCCOC(=O)N3CCN(C(=O)Cc4ccc(C[C@H](NC(=O)[C@H]5N(S(=O)(=O)c6cccnc6)CSC5(C)C)C(=O)OC(C)(C)C)cc4)CC3)CC2)cc1. The van der Waals surface area contributed by atoms with E-state index in [4.69, 9.17) is 23.7 Å². The van der Waals surface area contributed by atoms with Crippen LogP contribution in [0.5, 0.6) is 0 Å². The summed E-state index contributed by atoms with van der Waals surface area (Å²) in [5.41, 5.74) is 0.800. The Morgan fingerprint density at radius 2 is 1.04 bits per heavy atom. The maximum atomic E-state index is 14.2. The summed E-state index contributed by atoms with van der Waals surface area (Å²) < 4.78 is 83.6. The van der Waals surface area contributed by atoms with Crippen molar-refractivity contribution in [3.63, 3.8) is 0 Å². The number of hydrogen-bond donors (Lipinski definition) is 2. The van der Waals surface area contributed by atoms with Crippen molar-refractivity contribution in [3.05, 3.63) is 114 Å². The number of rotatable bonds is 25. The minimum atomic E-state index is -4.12. The molecule has 4 atom stereocenters. The number of pyridine rings is 2. The van der Waals surface area contributed by atoms with Crippen LogP contribution >= 0.6 is 23.5 Å². The van der Waals surface area contributed by atoms with Crippen LogP contribution < -0.4 is 10.6 Å². The molecular formula is C67H90N10O17S4. The summed E-state index contributed by atoms with van der Waals surface area (Å²) in [6, 6.07) is 16.0. The van der Waals surface area contributed by atoms with Crippen LogP contribution in [-0.4, -0.2) is 232 Å². The Kier molecular flexibility index (Phi) is 25.5. The first-order valence-electron chi connectivity index (χ1n) is 32.4. The lowest BCUT2D eigenvalue weighted by atomic mass is 9.88. The van der Waals surface area contributed by atoms with E-state index in [9.17, 15) is 55.2 Å². The summed E-state index contributed by atoms with van der Waals surface area (Å²) in [5.74, 6) is -3.36. The van der Waals surface area contributed by atoms with Gasteiger partial charge in [0.15, 0.2) is 5.78 Å². The topological polar surface area (TPSA) is 320 Å². The molecule has 0 radical (unpaired) electrons. The highest BCUT2D eigenvalue weighted by Crippen LogP contribution is 2.44. The second-order valence-corrected chi connectivity index (χ2v) is 34.3. The number of piperazine rings is 2. The zero-order valence-electron chi connectivity index (χ0n) is 57.1. The van der Waals surface area contributed by atoms with Crippen LogP contribution in [0.2, 0.25) is 0 Å². The number of Topliss-reactive ketones (excluding diaryl/α,β-unsaturated/α-hetero) is 1. The van der Waals surface area contributed by atoms with Gasteiger partial charge < -0.3 is 53.9 Å². The second kappa shape index (κ2) is 32.7. The maximum absolute atomic E-state index is 14.2. The van der Waals surface area contributed by atoms with Gasteiger partial charge in [0.05, 0.1) is 43.3 Å². The monoisotopic (exact) mass is 1430 g/mol. The molecule has 6 amide bonds. The van der Waals surface area contributed by atoms with E-state index in [1.54, 1.807) is 114 Å². The summed E-state index contributed by atoms with van der Waals surface area (Å²) in [6.07, 6.45) is 4.66. The Hall–Kier alpha value is -7.42. The smallest absolute Gasteiger partial charge is 0.409 e.